The van der Waals surface area contributed by atoms with Gasteiger partial charge in [-0.15, -0.1) is 0 Å². The molecule has 0 unspecified atom stereocenters. The molecular weight excluding hydrogens is 446 g/mol. The standard InChI is InChI=1S/C10H10F4O4.C3HF5O2.Na.H/c11-9(12,5-1-3-7(15)16)10(13,14)6-2-4-8(17)18;4-2(5,1(9)10)3(6,7)8;;/h1-4H,5-6H2,(H,15,16)(H,17,18);(H,9,10);;/b3-1+,4-2+;;;. The number of carboxylic acid groups (broad SMARTS) is 3. The Morgan fingerprint density at radius 2 is 0.931 bits per heavy atom. The van der Waals surface area contributed by atoms with E-state index in [4.69, 9.17) is 15.3 Å². The van der Waals surface area contributed by atoms with Crippen LogP contribution in [-0.4, -0.2) is 86.7 Å². The van der Waals surface area contributed by atoms with E-state index in [9.17, 15) is 53.9 Å². The number of hydrogen-bond donors (Lipinski definition) is 3. The molecule has 6 nitrogen and oxygen atoms in total. The summed E-state index contributed by atoms with van der Waals surface area (Å²) in [6, 6.07) is 0. The van der Waals surface area contributed by atoms with Crippen LogP contribution in [0.2, 0.25) is 0 Å². The van der Waals surface area contributed by atoms with Crippen LogP contribution in [0.15, 0.2) is 24.3 Å². The van der Waals surface area contributed by atoms with Crippen molar-refractivity contribution in [2.75, 3.05) is 0 Å². The van der Waals surface area contributed by atoms with Gasteiger partial charge in [0.1, 0.15) is 0 Å². The van der Waals surface area contributed by atoms with Crippen LogP contribution in [0.1, 0.15) is 12.8 Å². The van der Waals surface area contributed by atoms with Crippen molar-refractivity contribution in [3.63, 3.8) is 0 Å². The summed E-state index contributed by atoms with van der Waals surface area (Å²) < 4.78 is 108. The van der Waals surface area contributed by atoms with Crippen molar-refractivity contribution in [1.29, 1.82) is 0 Å². The van der Waals surface area contributed by atoms with Crippen molar-refractivity contribution in [2.45, 2.75) is 36.8 Å². The molecule has 0 saturated carbocycles. The molecule has 0 aromatic heterocycles. The molecule has 29 heavy (non-hydrogen) atoms. The average molecular weight is 458 g/mol. The third-order valence-electron chi connectivity index (χ3n) is 2.43. The Balaban J connectivity index is -0.000000525. The zero-order chi connectivity index (χ0) is 23.0. The van der Waals surface area contributed by atoms with E-state index in [1.54, 1.807) is 0 Å². The SMILES string of the molecule is O=C(O)/C=C/CC(F)(F)C(F)(F)C/C=C/C(=O)O.O=C(O)C(F)(F)C(F)(F)F.[NaH]. The molecule has 0 aliphatic rings. The fraction of sp³-hybridized carbons (Fsp3) is 0.462. The normalized spacial score (nSPS) is 12.9. The van der Waals surface area contributed by atoms with Crippen LogP contribution in [0, 0.1) is 0 Å². The van der Waals surface area contributed by atoms with Gasteiger partial charge >= 0.3 is 71.4 Å². The molecule has 0 fully saturated rings. The molecule has 164 valence electrons. The van der Waals surface area contributed by atoms with E-state index in [2.05, 4.69) is 0 Å². The molecule has 0 aromatic carbocycles. The van der Waals surface area contributed by atoms with Crippen LogP contribution >= 0.6 is 0 Å². The first-order valence-corrected chi connectivity index (χ1v) is 6.50. The van der Waals surface area contributed by atoms with Gasteiger partial charge in [0.15, 0.2) is 0 Å². The summed E-state index contributed by atoms with van der Waals surface area (Å²) in [5.74, 6) is -20.8. The quantitative estimate of drug-likeness (QED) is 0.293. The average Bonchev–Trinajstić information content (AvgIpc) is 2.44. The van der Waals surface area contributed by atoms with E-state index in [0.717, 1.165) is 0 Å². The minimum absolute atomic E-state index is 0. The van der Waals surface area contributed by atoms with Gasteiger partial charge in [0, 0.05) is 25.0 Å². The summed E-state index contributed by atoms with van der Waals surface area (Å²) in [6.07, 6.45) is -7.43. The molecule has 0 aromatic rings. The number of carbonyl (C=O) groups is 3. The molecule has 0 aliphatic heterocycles. The van der Waals surface area contributed by atoms with Gasteiger partial charge in [-0.05, 0) is 0 Å². The molecule has 0 atom stereocenters. The van der Waals surface area contributed by atoms with Gasteiger partial charge in [-0.25, -0.2) is 14.4 Å². The van der Waals surface area contributed by atoms with E-state index < -0.39 is 54.7 Å². The van der Waals surface area contributed by atoms with Crippen LogP contribution in [0.3, 0.4) is 0 Å². The van der Waals surface area contributed by atoms with Crippen LogP contribution in [0.5, 0.6) is 0 Å². The van der Waals surface area contributed by atoms with E-state index >= 15 is 0 Å². The summed E-state index contributed by atoms with van der Waals surface area (Å²) in [6.45, 7) is 0. The van der Waals surface area contributed by atoms with E-state index in [1.807, 2.05) is 0 Å². The Bertz CT molecular complexity index is 593. The van der Waals surface area contributed by atoms with Crippen molar-refractivity contribution in [3.8, 4) is 0 Å². The summed E-state index contributed by atoms with van der Waals surface area (Å²) in [7, 11) is 0. The van der Waals surface area contributed by atoms with E-state index in [-0.39, 0.29) is 29.6 Å². The number of allylic oxidation sites excluding steroid dienone is 2. The third kappa shape index (κ3) is 11.8. The summed E-state index contributed by atoms with van der Waals surface area (Å²) in [5.41, 5.74) is 0. The fourth-order valence-electron chi connectivity index (χ4n) is 1.04. The zero-order valence-corrected chi connectivity index (χ0v) is 13.2. The second-order valence-corrected chi connectivity index (χ2v) is 4.68. The predicted molar refractivity (Wildman–Crippen MR) is 78.5 cm³/mol. The van der Waals surface area contributed by atoms with Crippen LogP contribution in [-0.2, 0) is 14.4 Å². The van der Waals surface area contributed by atoms with Gasteiger partial charge in [0.05, 0.1) is 0 Å². The minimum atomic E-state index is -6.02. The van der Waals surface area contributed by atoms with Crippen molar-refractivity contribution in [2.24, 2.45) is 0 Å². The number of aliphatic carboxylic acids is 3. The molecule has 0 aliphatic carbocycles. The third-order valence-corrected chi connectivity index (χ3v) is 2.43. The van der Waals surface area contributed by atoms with E-state index in [1.165, 1.54) is 0 Å². The Morgan fingerprint density at radius 3 is 1.07 bits per heavy atom. The number of alkyl halides is 9. The van der Waals surface area contributed by atoms with Gasteiger partial charge < -0.3 is 15.3 Å². The van der Waals surface area contributed by atoms with Crippen molar-refractivity contribution in [1.82, 2.24) is 0 Å². The Kier molecular flexibility index (Phi) is 13.3. The molecule has 16 heteroatoms. The van der Waals surface area contributed by atoms with E-state index in [0.29, 0.717) is 24.3 Å². The van der Waals surface area contributed by atoms with Gasteiger partial charge in [0.2, 0.25) is 0 Å². The molecule has 3 N–H and O–H groups in total. The molecule has 0 rings (SSSR count). The van der Waals surface area contributed by atoms with Gasteiger partial charge in [0.25, 0.3) is 0 Å². The Labute approximate surface area is 178 Å². The second-order valence-electron chi connectivity index (χ2n) is 4.68. The Morgan fingerprint density at radius 1 is 0.655 bits per heavy atom. The first-order chi connectivity index (χ1) is 12.3. The number of carboxylic acids is 3. The summed E-state index contributed by atoms with van der Waals surface area (Å²) >= 11 is 0. The van der Waals surface area contributed by atoms with Crippen molar-refractivity contribution >= 4 is 47.5 Å². The zero-order valence-electron chi connectivity index (χ0n) is 13.2. The maximum atomic E-state index is 13.0. The molecule has 0 amide bonds. The molecule has 0 saturated heterocycles. The monoisotopic (exact) mass is 458 g/mol. The first kappa shape index (κ1) is 31.9. The number of hydrogen-bond acceptors (Lipinski definition) is 3. The summed E-state index contributed by atoms with van der Waals surface area (Å²) in [5, 5.41) is 23.5. The second kappa shape index (κ2) is 12.1. The number of halogens is 9. The molecule has 0 spiro atoms. The molecule has 0 heterocycles. The maximum absolute atomic E-state index is 13.0. The van der Waals surface area contributed by atoms with Crippen LogP contribution in [0.4, 0.5) is 39.5 Å². The van der Waals surface area contributed by atoms with Crippen LogP contribution in [0.25, 0.3) is 0 Å². The number of rotatable bonds is 8. The molecule has 0 bridgehead atoms. The Hall–Kier alpha value is -1.74. The molecular formula is C13H12F9NaO6. The fourth-order valence-corrected chi connectivity index (χ4v) is 1.04. The van der Waals surface area contributed by atoms with Gasteiger partial charge in [-0.3, -0.25) is 0 Å². The van der Waals surface area contributed by atoms with Gasteiger partial charge in [-0.2, -0.15) is 39.5 Å². The van der Waals surface area contributed by atoms with Crippen LogP contribution < -0.4 is 0 Å². The topological polar surface area (TPSA) is 112 Å². The van der Waals surface area contributed by atoms with Crippen molar-refractivity contribution in [3.05, 3.63) is 24.3 Å². The van der Waals surface area contributed by atoms with Gasteiger partial charge in [-0.1, -0.05) is 12.2 Å². The predicted octanol–water partition coefficient (Wildman–Crippen LogP) is 2.94. The van der Waals surface area contributed by atoms with Crippen molar-refractivity contribution < 1.29 is 69.2 Å². The summed E-state index contributed by atoms with van der Waals surface area (Å²) in [4.78, 5) is 29.2. The molecule has 0 radical (unpaired) electrons. The first-order valence-electron chi connectivity index (χ1n) is 6.50.